The Kier molecular flexibility index (Phi) is 5.78. The van der Waals surface area contributed by atoms with Crippen molar-refractivity contribution in [2.24, 2.45) is 0 Å². The van der Waals surface area contributed by atoms with Gasteiger partial charge in [0.05, 0.1) is 12.8 Å². The molecule has 1 N–H and O–H groups in total. The Labute approximate surface area is 160 Å². The van der Waals surface area contributed by atoms with Crippen LogP contribution in [0, 0.1) is 0 Å². The smallest absolute Gasteiger partial charge is 0.313 e. The second kappa shape index (κ2) is 8.23. The predicted octanol–water partition coefficient (Wildman–Crippen LogP) is 2.75. The van der Waals surface area contributed by atoms with Crippen molar-refractivity contribution in [3.05, 3.63) is 53.0 Å². The largest absolute Gasteiger partial charge is 0.495 e. The van der Waals surface area contributed by atoms with E-state index in [0.717, 1.165) is 15.9 Å². The van der Waals surface area contributed by atoms with Crippen LogP contribution in [0.25, 0.3) is 0 Å². The monoisotopic (exact) mass is 417 g/mol. The number of para-hydroxylation sites is 2. The molecular formula is C19H20BrN3O3. The van der Waals surface area contributed by atoms with Crippen molar-refractivity contribution in [1.29, 1.82) is 0 Å². The van der Waals surface area contributed by atoms with Gasteiger partial charge < -0.3 is 19.9 Å². The number of carbonyl (C=O) groups is 2. The van der Waals surface area contributed by atoms with Crippen LogP contribution in [0.1, 0.15) is 0 Å². The lowest BCUT2D eigenvalue weighted by molar-refractivity contribution is -0.143. The van der Waals surface area contributed by atoms with Crippen LogP contribution in [-0.2, 0) is 9.59 Å². The molecule has 0 unspecified atom stereocenters. The standard InChI is InChI=1S/C19H20BrN3O3/c1-26-17-8-3-2-7-16(17)22-9-11-23(12-10-22)19(25)18(24)21-15-6-4-5-14(20)13-15/h2-8,13H,9-12H2,1H3,(H,21,24). The minimum Gasteiger partial charge on any atom is -0.495 e. The third kappa shape index (κ3) is 4.16. The molecule has 0 atom stereocenters. The number of carbonyl (C=O) groups excluding carboxylic acids is 2. The van der Waals surface area contributed by atoms with Crippen molar-refractivity contribution in [3.8, 4) is 5.75 Å². The van der Waals surface area contributed by atoms with Crippen LogP contribution < -0.4 is 15.0 Å². The first-order valence-corrected chi connectivity index (χ1v) is 9.11. The molecule has 0 saturated carbocycles. The third-order valence-corrected chi connectivity index (χ3v) is 4.76. The molecule has 0 aromatic heterocycles. The highest BCUT2D eigenvalue weighted by molar-refractivity contribution is 9.10. The third-order valence-electron chi connectivity index (χ3n) is 4.27. The normalized spacial score (nSPS) is 14.1. The minimum absolute atomic E-state index is 0.489. The molecule has 1 saturated heterocycles. The van der Waals surface area contributed by atoms with E-state index in [1.807, 2.05) is 30.3 Å². The number of piperazine rings is 1. The molecule has 3 rings (SSSR count). The van der Waals surface area contributed by atoms with Crippen LogP contribution in [0.15, 0.2) is 53.0 Å². The quantitative estimate of drug-likeness (QED) is 0.779. The fourth-order valence-corrected chi connectivity index (χ4v) is 3.34. The molecule has 26 heavy (non-hydrogen) atoms. The van der Waals surface area contributed by atoms with E-state index in [1.54, 1.807) is 30.2 Å². The average molecular weight is 418 g/mol. The molecule has 6 nitrogen and oxygen atoms in total. The van der Waals surface area contributed by atoms with Gasteiger partial charge in [0.2, 0.25) is 0 Å². The van der Waals surface area contributed by atoms with Crippen molar-refractivity contribution in [2.45, 2.75) is 0 Å². The van der Waals surface area contributed by atoms with E-state index in [4.69, 9.17) is 4.74 Å². The Hall–Kier alpha value is -2.54. The van der Waals surface area contributed by atoms with Gasteiger partial charge in [-0.3, -0.25) is 9.59 Å². The molecule has 1 fully saturated rings. The van der Waals surface area contributed by atoms with Gasteiger partial charge in [-0.25, -0.2) is 0 Å². The molecule has 1 heterocycles. The van der Waals surface area contributed by atoms with Gasteiger partial charge in [0.1, 0.15) is 5.75 Å². The van der Waals surface area contributed by atoms with Gasteiger partial charge >= 0.3 is 11.8 Å². The summed E-state index contributed by atoms with van der Waals surface area (Å²) in [4.78, 5) is 28.4. The average Bonchev–Trinajstić information content (AvgIpc) is 2.67. The summed E-state index contributed by atoms with van der Waals surface area (Å²) >= 11 is 3.34. The lowest BCUT2D eigenvalue weighted by Crippen LogP contribution is -2.51. The van der Waals surface area contributed by atoms with Crippen LogP contribution in [0.4, 0.5) is 11.4 Å². The second-order valence-electron chi connectivity index (χ2n) is 5.92. The molecule has 0 spiro atoms. The summed E-state index contributed by atoms with van der Waals surface area (Å²) in [5, 5.41) is 2.65. The van der Waals surface area contributed by atoms with Crippen molar-refractivity contribution in [2.75, 3.05) is 43.5 Å². The van der Waals surface area contributed by atoms with Crippen LogP contribution >= 0.6 is 15.9 Å². The first kappa shape index (κ1) is 18.3. The zero-order chi connectivity index (χ0) is 18.5. The van der Waals surface area contributed by atoms with Crippen molar-refractivity contribution in [1.82, 2.24) is 4.90 Å². The first-order chi connectivity index (χ1) is 12.6. The Balaban J connectivity index is 1.59. The summed E-state index contributed by atoms with van der Waals surface area (Å²) in [6.45, 7) is 2.28. The summed E-state index contributed by atoms with van der Waals surface area (Å²) in [7, 11) is 1.64. The molecule has 0 aliphatic carbocycles. The maximum atomic E-state index is 12.4. The number of nitrogens with zero attached hydrogens (tertiary/aromatic N) is 2. The van der Waals surface area contributed by atoms with Gasteiger partial charge in [0.15, 0.2) is 0 Å². The van der Waals surface area contributed by atoms with Crippen LogP contribution in [-0.4, -0.2) is 50.0 Å². The summed E-state index contributed by atoms with van der Waals surface area (Å²) in [5.74, 6) is -0.321. The Bertz CT molecular complexity index is 804. The van der Waals surface area contributed by atoms with E-state index >= 15 is 0 Å². The van der Waals surface area contributed by atoms with Gasteiger partial charge in [-0.05, 0) is 30.3 Å². The van der Waals surface area contributed by atoms with Gasteiger partial charge in [-0.1, -0.05) is 34.1 Å². The van der Waals surface area contributed by atoms with Crippen molar-refractivity contribution >= 4 is 39.1 Å². The van der Waals surface area contributed by atoms with Gasteiger partial charge in [0, 0.05) is 36.3 Å². The molecule has 136 valence electrons. The van der Waals surface area contributed by atoms with Crippen LogP contribution in [0.5, 0.6) is 5.75 Å². The van der Waals surface area contributed by atoms with E-state index in [2.05, 4.69) is 26.1 Å². The number of rotatable bonds is 3. The maximum absolute atomic E-state index is 12.4. The summed E-state index contributed by atoms with van der Waals surface area (Å²) in [5.41, 5.74) is 1.59. The molecule has 1 aliphatic heterocycles. The summed E-state index contributed by atoms with van der Waals surface area (Å²) < 4.78 is 6.24. The van der Waals surface area contributed by atoms with Crippen LogP contribution in [0.3, 0.4) is 0 Å². The van der Waals surface area contributed by atoms with Gasteiger partial charge in [-0.2, -0.15) is 0 Å². The Morgan fingerprint density at radius 2 is 1.77 bits per heavy atom. The summed E-state index contributed by atoms with van der Waals surface area (Å²) in [6, 6.07) is 15.0. The SMILES string of the molecule is COc1ccccc1N1CCN(C(=O)C(=O)Nc2cccc(Br)c2)CC1. The van der Waals surface area contributed by atoms with Crippen LogP contribution in [0.2, 0.25) is 0 Å². The van der Waals surface area contributed by atoms with E-state index in [1.165, 1.54) is 0 Å². The molecule has 0 bridgehead atoms. The summed E-state index contributed by atoms with van der Waals surface area (Å²) in [6.07, 6.45) is 0. The van der Waals surface area contributed by atoms with E-state index in [9.17, 15) is 9.59 Å². The van der Waals surface area contributed by atoms with Crippen molar-refractivity contribution < 1.29 is 14.3 Å². The lowest BCUT2D eigenvalue weighted by atomic mass is 10.2. The molecular weight excluding hydrogens is 398 g/mol. The number of hydrogen-bond acceptors (Lipinski definition) is 4. The number of nitrogens with one attached hydrogen (secondary N) is 1. The number of hydrogen-bond donors (Lipinski definition) is 1. The Morgan fingerprint density at radius 3 is 2.46 bits per heavy atom. The minimum atomic E-state index is -0.617. The number of amides is 2. The molecule has 2 aromatic rings. The maximum Gasteiger partial charge on any atom is 0.313 e. The Morgan fingerprint density at radius 1 is 1.04 bits per heavy atom. The van der Waals surface area contributed by atoms with E-state index in [-0.39, 0.29) is 0 Å². The molecule has 2 amide bonds. The zero-order valence-corrected chi connectivity index (χ0v) is 16.0. The second-order valence-corrected chi connectivity index (χ2v) is 6.83. The number of anilines is 2. The highest BCUT2D eigenvalue weighted by Gasteiger charge is 2.27. The number of ether oxygens (including phenoxy) is 1. The lowest BCUT2D eigenvalue weighted by Gasteiger charge is -2.36. The van der Waals surface area contributed by atoms with Crippen molar-refractivity contribution in [3.63, 3.8) is 0 Å². The molecule has 7 heteroatoms. The highest BCUT2D eigenvalue weighted by atomic mass is 79.9. The first-order valence-electron chi connectivity index (χ1n) is 8.32. The fraction of sp³-hybridized carbons (Fsp3) is 0.263. The van der Waals surface area contributed by atoms with Gasteiger partial charge in [0.25, 0.3) is 0 Å². The van der Waals surface area contributed by atoms with Gasteiger partial charge in [-0.15, -0.1) is 0 Å². The topological polar surface area (TPSA) is 61.9 Å². The predicted molar refractivity (Wildman–Crippen MR) is 105 cm³/mol. The zero-order valence-electron chi connectivity index (χ0n) is 14.4. The molecule has 1 aliphatic rings. The molecule has 0 radical (unpaired) electrons. The number of methoxy groups -OCH3 is 1. The fourth-order valence-electron chi connectivity index (χ4n) is 2.94. The molecule has 2 aromatic carbocycles. The highest BCUT2D eigenvalue weighted by Crippen LogP contribution is 2.28. The number of halogens is 1. The number of benzene rings is 2. The van der Waals surface area contributed by atoms with E-state index in [0.29, 0.717) is 31.9 Å². The van der Waals surface area contributed by atoms with E-state index < -0.39 is 11.8 Å².